The van der Waals surface area contributed by atoms with E-state index in [1.54, 1.807) is 30.3 Å². The van der Waals surface area contributed by atoms with Crippen molar-refractivity contribution in [3.8, 4) is 103 Å². The third-order valence-electron chi connectivity index (χ3n) is 10.3. The SMILES string of the molecule is Oc1c(O)c(C2CC2)c2c(O)c(O)c(-c3c4c(O)c(O)c(O)c(O)c4c(-c4cccc5oc6ccccc6c45)c4c(O)c(O)c(O)c(O)c34)c(O)c2c1O. The Morgan fingerprint density at radius 2 is 0.815 bits per heavy atom. The molecule has 0 bridgehead atoms. The van der Waals surface area contributed by atoms with Gasteiger partial charge >= 0.3 is 0 Å². The number of rotatable bonds is 3. The summed E-state index contributed by atoms with van der Waals surface area (Å²) in [5.74, 6) is -17.3. The van der Waals surface area contributed by atoms with E-state index in [0.29, 0.717) is 29.2 Å². The van der Waals surface area contributed by atoms with Crippen molar-refractivity contribution in [2.24, 2.45) is 0 Å². The fourth-order valence-corrected chi connectivity index (χ4v) is 7.81. The molecular weight excluding hydrogens is 708 g/mol. The van der Waals surface area contributed by atoms with E-state index in [1.807, 2.05) is 0 Å². The summed E-state index contributed by atoms with van der Waals surface area (Å²) >= 11 is 0. The Balaban J connectivity index is 1.62. The monoisotopic (exact) mass is 734 g/mol. The zero-order valence-corrected chi connectivity index (χ0v) is 27.2. The van der Waals surface area contributed by atoms with Crippen molar-refractivity contribution in [2.75, 3.05) is 0 Å². The first kappa shape index (κ1) is 32.2. The first-order valence-electron chi connectivity index (χ1n) is 16.2. The van der Waals surface area contributed by atoms with Crippen LogP contribution in [0, 0.1) is 0 Å². The number of fused-ring (bicyclic) bond motifs is 6. The molecule has 0 aliphatic heterocycles. The molecule has 1 saturated carbocycles. The van der Waals surface area contributed by atoms with Crippen LogP contribution in [0.15, 0.2) is 46.9 Å². The van der Waals surface area contributed by atoms with Crippen LogP contribution < -0.4 is 0 Å². The average Bonchev–Trinajstić information content (AvgIpc) is 3.93. The molecule has 1 aliphatic carbocycles. The van der Waals surface area contributed by atoms with E-state index >= 15 is 0 Å². The molecule has 15 heteroatoms. The first-order chi connectivity index (χ1) is 25.7. The number of hydrogen-bond donors (Lipinski definition) is 14. The molecule has 0 radical (unpaired) electrons. The van der Waals surface area contributed by atoms with Crippen LogP contribution in [-0.2, 0) is 0 Å². The molecule has 0 saturated heterocycles. The Morgan fingerprint density at radius 1 is 0.352 bits per heavy atom. The molecule has 1 aromatic heterocycles. The van der Waals surface area contributed by atoms with Gasteiger partial charge in [-0.05, 0) is 36.5 Å². The number of phenols is 14. The number of aromatic hydroxyl groups is 14. The van der Waals surface area contributed by atoms with Crippen molar-refractivity contribution in [1.82, 2.24) is 0 Å². The zero-order valence-electron chi connectivity index (χ0n) is 27.2. The van der Waals surface area contributed by atoms with Crippen molar-refractivity contribution in [3.63, 3.8) is 0 Å². The lowest BCUT2D eigenvalue weighted by Gasteiger charge is -2.24. The van der Waals surface area contributed by atoms with Gasteiger partial charge < -0.3 is 75.9 Å². The molecule has 1 aliphatic rings. The topological polar surface area (TPSA) is 296 Å². The molecule has 9 rings (SSSR count). The lowest BCUT2D eigenvalue weighted by atomic mass is 9.81. The molecule has 0 spiro atoms. The van der Waals surface area contributed by atoms with E-state index in [-0.39, 0.29) is 22.3 Å². The largest absolute Gasteiger partial charge is 0.506 e. The van der Waals surface area contributed by atoms with E-state index < -0.39 is 130 Å². The second kappa shape index (κ2) is 10.4. The lowest BCUT2D eigenvalue weighted by molar-refractivity contribution is 0.350. The Bertz CT molecular complexity index is 2970. The van der Waals surface area contributed by atoms with Crippen molar-refractivity contribution in [2.45, 2.75) is 18.8 Å². The van der Waals surface area contributed by atoms with E-state index in [2.05, 4.69) is 0 Å². The quantitative estimate of drug-likeness (QED) is 0.0487. The second-order valence-corrected chi connectivity index (χ2v) is 13.2. The fourth-order valence-electron chi connectivity index (χ4n) is 7.81. The van der Waals surface area contributed by atoms with E-state index in [9.17, 15) is 71.5 Å². The molecule has 8 aromatic rings. The smallest absolute Gasteiger partial charge is 0.204 e. The van der Waals surface area contributed by atoms with Crippen LogP contribution in [-0.4, -0.2) is 71.5 Å². The van der Waals surface area contributed by atoms with Gasteiger partial charge in [0.25, 0.3) is 0 Å². The van der Waals surface area contributed by atoms with Gasteiger partial charge in [0.05, 0.1) is 10.9 Å². The van der Waals surface area contributed by atoms with Gasteiger partial charge in [-0.3, -0.25) is 0 Å². The fraction of sp³-hybridized carbons (Fsp3) is 0.0769. The molecule has 272 valence electrons. The van der Waals surface area contributed by atoms with Crippen molar-refractivity contribution in [1.29, 1.82) is 0 Å². The Kier molecular flexibility index (Phi) is 6.24. The average molecular weight is 735 g/mol. The Labute approximate surface area is 299 Å². The minimum absolute atomic E-state index is 0.0560. The highest BCUT2D eigenvalue weighted by Gasteiger charge is 2.39. The maximum absolute atomic E-state index is 12.0. The normalized spacial score (nSPS) is 13.3. The van der Waals surface area contributed by atoms with Gasteiger partial charge in [-0.1, -0.05) is 30.3 Å². The van der Waals surface area contributed by atoms with Crippen molar-refractivity contribution in [3.05, 3.63) is 48.0 Å². The maximum atomic E-state index is 12.0. The van der Waals surface area contributed by atoms with Gasteiger partial charge in [-0.15, -0.1) is 0 Å². The molecule has 15 nitrogen and oxygen atoms in total. The third kappa shape index (κ3) is 3.78. The van der Waals surface area contributed by atoms with Gasteiger partial charge in [-0.25, -0.2) is 0 Å². The number of furan rings is 1. The molecule has 7 aromatic carbocycles. The molecule has 0 amide bonds. The predicted molar refractivity (Wildman–Crippen MR) is 192 cm³/mol. The molecule has 1 heterocycles. The standard InChI is InChI=1S/C39H26O15/c40-26-24(33(47)28(42)19-15(10-8-9-10)27(41)35(49)34(48)25(19)26)18-22-20(29(43)36(50)38(52)31(22)45)17(21-23(18)32(46)39(53)37(51)30(21)44)12-5-3-7-14-16(12)11-4-1-2-6-13(11)54-14/h1-7,10,40-53H,8-9H2. The summed E-state index contributed by atoms with van der Waals surface area (Å²) in [4.78, 5) is 0. The van der Waals surface area contributed by atoms with Gasteiger partial charge in [0.2, 0.25) is 28.7 Å². The lowest BCUT2D eigenvalue weighted by Crippen LogP contribution is -1.97. The van der Waals surface area contributed by atoms with Crippen molar-refractivity contribution < 1.29 is 75.9 Å². The number of benzene rings is 7. The van der Waals surface area contributed by atoms with Gasteiger partial charge in [0, 0.05) is 54.4 Å². The minimum atomic E-state index is -1.35. The van der Waals surface area contributed by atoms with Crippen LogP contribution in [0.2, 0.25) is 0 Å². The summed E-state index contributed by atoms with van der Waals surface area (Å²) in [5.41, 5.74) is -1.66. The summed E-state index contributed by atoms with van der Waals surface area (Å²) in [6, 6.07) is 11.3. The molecular formula is C39H26O15. The van der Waals surface area contributed by atoms with Gasteiger partial charge in [0.15, 0.2) is 46.0 Å². The highest BCUT2D eigenvalue weighted by molar-refractivity contribution is 6.32. The first-order valence-corrected chi connectivity index (χ1v) is 16.2. The summed E-state index contributed by atoms with van der Waals surface area (Å²) < 4.78 is 6.01. The summed E-state index contributed by atoms with van der Waals surface area (Å²) in [6.07, 6.45) is 0.910. The van der Waals surface area contributed by atoms with Crippen LogP contribution in [0.25, 0.3) is 76.5 Å². The summed E-state index contributed by atoms with van der Waals surface area (Å²) in [5, 5.41) is 155. The second-order valence-electron chi connectivity index (χ2n) is 13.2. The van der Waals surface area contributed by atoms with E-state index in [4.69, 9.17) is 4.42 Å². The van der Waals surface area contributed by atoms with Crippen LogP contribution in [0.4, 0.5) is 0 Å². The molecule has 1 fully saturated rings. The predicted octanol–water partition coefficient (Wildman–Crippen LogP) is 7.14. The summed E-state index contributed by atoms with van der Waals surface area (Å²) in [6.45, 7) is 0. The minimum Gasteiger partial charge on any atom is -0.506 e. The maximum Gasteiger partial charge on any atom is 0.204 e. The van der Waals surface area contributed by atoms with E-state index in [1.165, 1.54) is 12.1 Å². The van der Waals surface area contributed by atoms with Gasteiger partial charge in [-0.2, -0.15) is 0 Å². The van der Waals surface area contributed by atoms with Crippen LogP contribution in [0.3, 0.4) is 0 Å². The highest BCUT2D eigenvalue weighted by Crippen LogP contribution is 2.67. The highest BCUT2D eigenvalue weighted by atomic mass is 16.4. The molecule has 14 N–H and O–H groups in total. The van der Waals surface area contributed by atoms with Gasteiger partial charge in [0.1, 0.15) is 16.9 Å². The van der Waals surface area contributed by atoms with Crippen LogP contribution in [0.1, 0.15) is 24.3 Å². The molecule has 54 heavy (non-hydrogen) atoms. The third-order valence-corrected chi connectivity index (χ3v) is 10.3. The van der Waals surface area contributed by atoms with Crippen LogP contribution >= 0.6 is 0 Å². The Hall–Kier alpha value is -7.68. The molecule has 0 atom stereocenters. The molecule has 0 unspecified atom stereocenters. The van der Waals surface area contributed by atoms with Crippen LogP contribution in [0.5, 0.6) is 80.5 Å². The number of para-hydroxylation sites is 1. The van der Waals surface area contributed by atoms with Crippen molar-refractivity contribution >= 4 is 54.3 Å². The Morgan fingerprint density at radius 3 is 1.37 bits per heavy atom. The number of phenolic OH excluding ortho intramolecular Hbond substituents is 14. The number of hydrogen-bond acceptors (Lipinski definition) is 15. The zero-order chi connectivity index (χ0) is 38.4. The summed E-state index contributed by atoms with van der Waals surface area (Å²) in [7, 11) is 0. The van der Waals surface area contributed by atoms with E-state index in [0.717, 1.165) is 0 Å².